The minimum Gasteiger partial charge on any atom is -0.481 e. The van der Waals surface area contributed by atoms with Crippen molar-refractivity contribution >= 4 is 5.91 Å². The highest BCUT2D eigenvalue weighted by Crippen LogP contribution is 2.21. The number of carbonyl (C=O) groups is 1. The molecule has 1 amide bonds. The van der Waals surface area contributed by atoms with E-state index in [0.29, 0.717) is 19.5 Å². The van der Waals surface area contributed by atoms with Gasteiger partial charge in [-0.3, -0.25) is 9.59 Å². The zero-order chi connectivity index (χ0) is 17.5. The average Bonchev–Trinajstić information content (AvgIpc) is 2.57. The van der Waals surface area contributed by atoms with Crippen LogP contribution in [0.15, 0.2) is 41.3 Å². The molecule has 1 N–H and O–H groups in total. The van der Waals surface area contributed by atoms with Crippen molar-refractivity contribution in [2.24, 2.45) is 0 Å². The highest BCUT2D eigenvalue weighted by molar-refractivity contribution is 5.80. The van der Waals surface area contributed by atoms with E-state index in [4.69, 9.17) is 4.74 Å². The van der Waals surface area contributed by atoms with E-state index in [2.05, 4.69) is 10.4 Å². The van der Waals surface area contributed by atoms with Crippen LogP contribution in [-0.2, 0) is 11.3 Å². The molecule has 1 atom stereocenters. The number of benzene rings is 1. The van der Waals surface area contributed by atoms with E-state index < -0.39 is 6.10 Å². The van der Waals surface area contributed by atoms with Crippen molar-refractivity contribution < 1.29 is 9.53 Å². The lowest BCUT2D eigenvalue weighted by molar-refractivity contribution is -0.127. The number of ether oxygens (including phenoxy) is 1. The molecule has 0 aliphatic heterocycles. The quantitative estimate of drug-likeness (QED) is 0.787. The van der Waals surface area contributed by atoms with Gasteiger partial charge in [0.25, 0.3) is 11.5 Å². The topological polar surface area (TPSA) is 73.2 Å². The van der Waals surface area contributed by atoms with Crippen molar-refractivity contribution in [1.82, 2.24) is 15.1 Å². The third kappa shape index (κ3) is 4.68. The highest BCUT2D eigenvalue weighted by Gasteiger charge is 2.15. The van der Waals surface area contributed by atoms with E-state index in [9.17, 15) is 9.59 Å². The summed E-state index contributed by atoms with van der Waals surface area (Å²) in [5, 5.41) is 6.79. The van der Waals surface area contributed by atoms with Crippen LogP contribution in [0.25, 0.3) is 0 Å². The molecule has 0 bridgehead atoms. The molecule has 1 aromatic heterocycles. The van der Waals surface area contributed by atoms with Crippen LogP contribution in [0.4, 0.5) is 0 Å². The third-order valence-electron chi connectivity index (χ3n) is 3.86. The molecule has 0 aliphatic rings. The summed E-state index contributed by atoms with van der Waals surface area (Å²) in [5.41, 5.74) is 2.02. The molecule has 0 saturated carbocycles. The zero-order valence-electron chi connectivity index (χ0n) is 14.3. The summed E-state index contributed by atoms with van der Waals surface area (Å²) in [7, 11) is 0. The highest BCUT2D eigenvalue weighted by atomic mass is 16.5. The maximum absolute atomic E-state index is 12.1. The summed E-state index contributed by atoms with van der Waals surface area (Å²) >= 11 is 0. The summed E-state index contributed by atoms with van der Waals surface area (Å²) in [6.07, 6.45) is 1.61. The molecule has 6 nitrogen and oxygen atoms in total. The molecule has 24 heavy (non-hydrogen) atoms. The van der Waals surface area contributed by atoms with Gasteiger partial charge in [0, 0.05) is 25.4 Å². The lowest BCUT2D eigenvalue weighted by atomic mass is 10.1. The Morgan fingerprint density at radius 2 is 2.08 bits per heavy atom. The van der Waals surface area contributed by atoms with Gasteiger partial charge in [0.2, 0.25) is 0 Å². The second kappa shape index (κ2) is 8.29. The SMILES string of the molecule is Cc1cccc(OC(C)C(=O)NCCCn2ncccc2=O)c1C. The van der Waals surface area contributed by atoms with E-state index >= 15 is 0 Å². The maximum atomic E-state index is 12.1. The fraction of sp³-hybridized carbons (Fsp3) is 0.389. The summed E-state index contributed by atoms with van der Waals surface area (Å²) in [4.78, 5) is 23.6. The van der Waals surface area contributed by atoms with Crippen molar-refractivity contribution in [3.63, 3.8) is 0 Å². The molecule has 0 radical (unpaired) electrons. The van der Waals surface area contributed by atoms with Gasteiger partial charge < -0.3 is 10.1 Å². The summed E-state index contributed by atoms with van der Waals surface area (Å²) < 4.78 is 7.12. The first-order chi connectivity index (χ1) is 11.5. The predicted octanol–water partition coefficient (Wildman–Crippen LogP) is 1.83. The number of amides is 1. The second-order valence-corrected chi connectivity index (χ2v) is 5.69. The minimum absolute atomic E-state index is 0.143. The van der Waals surface area contributed by atoms with E-state index in [1.807, 2.05) is 32.0 Å². The Hall–Kier alpha value is -2.63. The standard InChI is InChI=1S/C18H23N3O3/c1-13-7-4-8-16(14(13)2)24-15(3)18(23)19-10-6-12-21-17(22)9-5-11-20-21/h4-5,7-9,11,15H,6,10,12H2,1-3H3,(H,19,23). The van der Waals surface area contributed by atoms with Crippen LogP contribution in [0.2, 0.25) is 0 Å². The molecule has 0 fully saturated rings. The number of aromatic nitrogens is 2. The molecule has 1 unspecified atom stereocenters. The number of carbonyl (C=O) groups excluding carboxylic acids is 1. The third-order valence-corrected chi connectivity index (χ3v) is 3.86. The molecule has 128 valence electrons. The number of rotatable bonds is 7. The van der Waals surface area contributed by atoms with Gasteiger partial charge in [-0.1, -0.05) is 12.1 Å². The zero-order valence-corrected chi connectivity index (χ0v) is 14.3. The van der Waals surface area contributed by atoms with Crippen LogP contribution in [-0.4, -0.2) is 28.3 Å². The fourth-order valence-corrected chi connectivity index (χ4v) is 2.24. The molecule has 0 saturated heterocycles. The van der Waals surface area contributed by atoms with Crippen molar-refractivity contribution in [2.45, 2.75) is 39.8 Å². The predicted molar refractivity (Wildman–Crippen MR) is 92.1 cm³/mol. The maximum Gasteiger partial charge on any atom is 0.266 e. The Kier molecular flexibility index (Phi) is 6.12. The van der Waals surface area contributed by atoms with Gasteiger partial charge in [-0.05, 0) is 50.5 Å². The van der Waals surface area contributed by atoms with Crippen molar-refractivity contribution in [3.05, 3.63) is 58.0 Å². The van der Waals surface area contributed by atoms with Crippen molar-refractivity contribution in [3.8, 4) is 5.75 Å². The smallest absolute Gasteiger partial charge is 0.266 e. The first kappa shape index (κ1) is 17.7. The number of hydrogen-bond acceptors (Lipinski definition) is 4. The van der Waals surface area contributed by atoms with Crippen LogP contribution >= 0.6 is 0 Å². The Balaban J connectivity index is 1.79. The van der Waals surface area contributed by atoms with E-state index in [0.717, 1.165) is 16.9 Å². The van der Waals surface area contributed by atoms with Crippen LogP contribution in [0.1, 0.15) is 24.5 Å². The van der Waals surface area contributed by atoms with Gasteiger partial charge in [-0.25, -0.2) is 4.68 Å². The molecule has 1 heterocycles. The molecule has 2 rings (SSSR count). The van der Waals surface area contributed by atoms with Gasteiger partial charge >= 0.3 is 0 Å². The Bertz CT molecular complexity index is 755. The van der Waals surface area contributed by atoms with E-state index in [1.54, 1.807) is 19.2 Å². The second-order valence-electron chi connectivity index (χ2n) is 5.69. The van der Waals surface area contributed by atoms with Gasteiger partial charge in [-0.2, -0.15) is 5.10 Å². The van der Waals surface area contributed by atoms with Crippen molar-refractivity contribution in [2.75, 3.05) is 6.54 Å². The number of aryl methyl sites for hydroxylation is 2. The lowest BCUT2D eigenvalue weighted by Crippen LogP contribution is -2.37. The van der Waals surface area contributed by atoms with Crippen LogP contribution in [0.3, 0.4) is 0 Å². The van der Waals surface area contributed by atoms with Gasteiger partial charge in [0.1, 0.15) is 5.75 Å². The summed E-state index contributed by atoms with van der Waals surface area (Å²) in [5.74, 6) is 0.543. The molecule has 0 aliphatic carbocycles. The Morgan fingerprint density at radius 1 is 1.29 bits per heavy atom. The monoisotopic (exact) mass is 329 g/mol. The molecule has 1 aromatic carbocycles. The van der Waals surface area contributed by atoms with E-state index in [-0.39, 0.29) is 11.5 Å². The van der Waals surface area contributed by atoms with Crippen LogP contribution in [0.5, 0.6) is 5.75 Å². The summed E-state index contributed by atoms with van der Waals surface area (Å²) in [6.45, 7) is 6.63. The largest absolute Gasteiger partial charge is 0.481 e. The summed E-state index contributed by atoms with van der Waals surface area (Å²) in [6, 6.07) is 8.84. The van der Waals surface area contributed by atoms with Gasteiger partial charge in [-0.15, -0.1) is 0 Å². The molecular weight excluding hydrogens is 306 g/mol. The molecular formula is C18H23N3O3. The Labute approximate surface area is 141 Å². The normalized spacial score (nSPS) is 11.8. The van der Waals surface area contributed by atoms with Crippen molar-refractivity contribution in [1.29, 1.82) is 0 Å². The number of hydrogen-bond donors (Lipinski definition) is 1. The van der Waals surface area contributed by atoms with E-state index in [1.165, 1.54) is 10.7 Å². The first-order valence-corrected chi connectivity index (χ1v) is 8.02. The molecule has 0 spiro atoms. The van der Waals surface area contributed by atoms with Crippen LogP contribution < -0.4 is 15.6 Å². The lowest BCUT2D eigenvalue weighted by Gasteiger charge is -2.17. The van der Waals surface area contributed by atoms with Crippen LogP contribution in [0, 0.1) is 13.8 Å². The molecule has 6 heteroatoms. The number of nitrogens with one attached hydrogen (secondary N) is 1. The minimum atomic E-state index is -0.580. The average molecular weight is 329 g/mol. The first-order valence-electron chi connectivity index (χ1n) is 8.02. The number of nitrogens with zero attached hydrogens (tertiary/aromatic N) is 2. The molecule has 2 aromatic rings. The van der Waals surface area contributed by atoms with Gasteiger partial charge in [0.15, 0.2) is 6.10 Å². The Morgan fingerprint density at radius 3 is 2.83 bits per heavy atom. The van der Waals surface area contributed by atoms with Gasteiger partial charge in [0.05, 0.1) is 0 Å². The fourth-order valence-electron chi connectivity index (χ4n) is 2.24.